The lowest BCUT2D eigenvalue weighted by Gasteiger charge is -2.37. The van der Waals surface area contributed by atoms with Gasteiger partial charge in [0, 0.05) is 31.4 Å². The number of aromatic amines is 1. The van der Waals surface area contributed by atoms with Gasteiger partial charge in [-0.2, -0.15) is 4.31 Å². The Morgan fingerprint density at radius 2 is 2.10 bits per heavy atom. The van der Waals surface area contributed by atoms with Gasteiger partial charge in [-0.25, -0.2) is 13.4 Å². The minimum atomic E-state index is -3.50. The molecule has 106 valence electrons. The summed E-state index contributed by atoms with van der Waals surface area (Å²) in [6.07, 6.45) is 3.42. The van der Waals surface area contributed by atoms with Crippen molar-refractivity contribution < 1.29 is 13.2 Å². The number of benzene rings is 1. The van der Waals surface area contributed by atoms with Crippen LogP contribution in [0.5, 0.6) is 5.75 Å². The third kappa shape index (κ3) is 2.08. The summed E-state index contributed by atoms with van der Waals surface area (Å²) in [6, 6.07) is 6.66. The molecule has 0 amide bonds. The first-order valence-electron chi connectivity index (χ1n) is 6.25. The van der Waals surface area contributed by atoms with Gasteiger partial charge >= 0.3 is 0 Å². The summed E-state index contributed by atoms with van der Waals surface area (Å²) in [5.41, 5.74) is 0. The Balaban J connectivity index is 1.81. The van der Waals surface area contributed by atoms with Crippen LogP contribution in [0, 0.1) is 0 Å². The first-order chi connectivity index (χ1) is 9.63. The van der Waals surface area contributed by atoms with E-state index in [9.17, 15) is 8.42 Å². The van der Waals surface area contributed by atoms with E-state index in [1.807, 2.05) is 0 Å². The van der Waals surface area contributed by atoms with Crippen LogP contribution in [0.4, 0.5) is 0 Å². The van der Waals surface area contributed by atoms with Crippen molar-refractivity contribution in [2.75, 3.05) is 20.2 Å². The van der Waals surface area contributed by atoms with Gasteiger partial charge in [0.15, 0.2) is 0 Å². The third-order valence-electron chi connectivity index (χ3n) is 3.44. The first-order valence-corrected chi connectivity index (χ1v) is 7.69. The molecule has 1 fully saturated rings. The zero-order valence-corrected chi connectivity index (χ0v) is 11.8. The molecule has 20 heavy (non-hydrogen) atoms. The highest BCUT2D eigenvalue weighted by atomic mass is 32.2. The zero-order valence-electron chi connectivity index (χ0n) is 11.0. The first kappa shape index (κ1) is 13.1. The number of hydrogen-bond acceptors (Lipinski definition) is 4. The smallest absolute Gasteiger partial charge is 0.246 e. The van der Waals surface area contributed by atoms with Crippen LogP contribution in [-0.4, -0.2) is 42.9 Å². The minimum absolute atomic E-state index is 0.134. The second kappa shape index (κ2) is 4.92. The molecule has 0 unspecified atom stereocenters. The number of nitrogens with one attached hydrogen (secondary N) is 1. The Labute approximate surface area is 117 Å². The number of hydrogen-bond donors (Lipinski definition) is 1. The molecule has 1 aliphatic rings. The molecule has 1 saturated heterocycles. The lowest BCUT2D eigenvalue weighted by atomic mass is 10.0. The van der Waals surface area contributed by atoms with Crippen molar-refractivity contribution in [1.29, 1.82) is 0 Å². The number of H-pyrrole nitrogens is 1. The largest absolute Gasteiger partial charge is 0.495 e. The SMILES string of the molecule is COc1ccccc1S(=O)(=O)N1CC(c2ncc[nH]2)C1. The third-order valence-corrected chi connectivity index (χ3v) is 5.31. The molecule has 0 aliphatic carbocycles. The van der Waals surface area contributed by atoms with Gasteiger partial charge in [-0.15, -0.1) is 0 Å². The Morgan fingerprint density at radius 3 is 2.75 bits per heavy atom. The van der Waals surface area contributed by atoms with Gasteiger partial charge in [0.1, 0.15) is 16.5 Å². The van der Waals surface area contributed by atoms with Crippen molar-refractivity contribution in [3.8, 4) is 5.75 Å². The number of ether oxygens (including phenoxy) is 1. The van der Waals surface area contributed by atoms with Crippen LogP contribution in [0.1, 0.15) is 11.7 Å². The van der Waals surface area contributed by atoms with Crippen LogP contribution in [0.3, 0.4) is 0 Å². The number of sulfonamides is 1. The van der Waals surface area contributed by atoms with Crippen molar-refractivity contribution in [3.05, 3.63) is 42.5 Å². The second-order valence-electron chi connectivity index (χ2n) is 4.64. The summed E-state index contributed by atoms with van der Waals surface area (Å²) in [5, 5.41) is 0. The molecular formula is C13H15N3O3S. The number of para-hydroxylation sites is 1. The highest BCUT2D eigenvalue weighted by Gasteiger charge is 2.39. The molecule has 1 N–H and O–H groups in total. The van der Waals surface area contributed by atoms with E-state index >= 15 is 0 Å². The maximum Gasteiger partial charge on any atom is 0.246 e. The van der Waals surface area contributed by atoms with Gasteiger partial charge < -0.3 is 9.72 Å². The van der Waals surface area contributed by atoms with E-state index in [4.69, 9.17) is 4.74 Å². The van der Waals surface area contributed by atoms with E-state index in [0.29, 0.717) is 18.8 Å². The van der Waals surface area contributed by atoms with Crippen molar-refractivity contribution in [2.45, 2.75) is 10.8 Å². The van der Waals surface area contributed by atoms with Gasteiger partial charge in [0.2, 0.25) is 10.0 Å². The molecule has 0 radical (unpaired) electrons. The molecule has 2 aromatic rings. The molecule has 3 rings (SSSR count). The molecule has 0 saturated carbocycles. The molecule has 0 atom stereocenters. The van der Waals surface area contributed by atoms with E-state index < -0.39 is 10.0 Å². The van der Waals surface area contributed by atoms with Crippen molar-refractivity contribution in [3.63, 3.8) is 0 Å². The van der Waals surface area contributed by atoms with E-state index in [1.54, 1.807) is 36.7 Å². The molecule has 1 aromatic carbocycles. The predicted molar refractivity (Wildman–Crippen MR) is 73.1 cm³/mol. The molecule has 0 bridgehead atoms. The highest BCUT2D eigenvalue weighted by molar-refractivity contribution is 7.89. The fourth-order valence-electron chi connectivity index (χ4n) is 2.28. The molecule has 1 aromatic heterocycles. The number of rotatable bonds is 4. The second-order valence-corrected chi connectivity index (χ2v) is 6.55. The average Bonchev–Trinajstić information content (AvgIpc) is 2.90. The van der Waals surface area contributed by atoms with Crippen LogP contribution in [0.15, 0.2) is 41.6 Å². The monoisotopic (exact) mass is 293 g/mol. The summed E-state index contributed by atoms with van der Waals surface area (Å²) in [5.74, 6) is 1.33. The standard InChI is InChI=1S/C13H15N3O3S/c1-19-11-4-2-3-5-12(11)20(17,18)16-8-10(9-16)13-14-6-7-15-13/h2-7,10H,8-9H2,1H3,(H,14,15). The van der Waals surface area contributed by atoms with Crippen molar-refractivity contribution in [1.82, 2.24) is 14.3 Å². The Bertz CT molecular complexity index is 691. The summed E-state index contributed by atoms with van der Waals surface area (Å²) in [4.78, 5) is 7.38. The van der Waals surface area contributed by atoms with Crippen LogP contribution >= 0.6 is 0 Å². The quantitative estimate of drug-likeness (QED) is 0.919. The topological polar surface area (TPSA) is 75.3 Å². The predicted octanol–water partition coefficient (Wildman–Crippen LogP) is 1.21. The maximum atomic E-state index is 12.5. The van der Waals surface area contributed by atoms with Crippen LogP contribution < -0.4 is 4.74 Å². The van der Waals surface area contributed by atoms with Gasteiger partial charge in [-0.05, 0) is 12.1 Å². The molecular weight excluding hydrogens is 278 g/mol. The minimum Gasteiger partial charge on any atom is -0.495 e. The zero-order chi connectivity index (χ0) is 14.2. The number of aromatic nitrogens is 2. The number of imidazole rings is 1. The molecule has 6 nitrogen and oxygen atoms in total. The van der Waals surface area contributed by atoms with Gasteiger partial charge in [-0.3, -0.25) is 0 Å². The molecule has 0 spiro atoms. The van der Waals surface area contributed by atoms with Crippen molar-refractivity contribution in [2.24, 2.45) is 0 Å². The number of nitrogens with zero attached hydrogens (tertiary/aromatic N) is 2. The van der Waals surface area contributed by atoms with Crippen molar-refractivity contribution >= 4 is 10.0 Å². The summed E-state index contributed by atoms with van der Waals surface area (Å²) in [6.45, 7) is 0.877. The molecule has 2 heterocycles. The Morgan fingerprint density at radius 1 is 1.35 bits per heavy atom. The van der Waals surface area contributed by atoms with Gasteiger partial charge in [-0.1, -0.05) is 12.1 Å². The van der Waals surface area contributed by atoms with Crippen LogP contribution in [-0.2, 0) is 10.0 Å². The van der Waals surface area contributed by atoms with Gasteiger partial charge in [0.05, 0.1) is 7.11 Å². The van der Waals surface area contributed by atoms with E-state index in [0.717, 1.165) is 5.82 Å². The Hall–Kier alpha value is -1.86. The van der Waals surface area contributed by atoms with Crippen LogP contribution in [0.2, 0.25) is 0 Å². The van der Waals surface area contributed by atoms with Crippen LogP contribution in [0.25, 0.3) is 0 Å². The summed E-state index contributed by atoms with van der Waals surface area (Å²) < 4.78 is 31.6. The fourth-order valence-corrected chi connectivity index (χ4v) is 3.97. The van der Waals surface area contributed by atoms with E-state index in [-0.39, 0.29) is 10.8 Å². The average molecular weight is 293 g/mol. The van der Waals surface area contributed by atoms with Gasteiger partial charge in [0.25, 0.3) is 0 Å². The van der Waals surface area contributed by atoms with E-state index in [1.165, 1.54) is 11.4 Å². The summed E-state index contributed by atoms with van der Waals surface area (Å²) >= 11 is 0. The Kier molecular flexibility index (Phi) is 3.23. The maximum absolute atomic E-state index is 12.5. The highest BCUT2D eigenvalue weighted by Crippen LogP contribution is 2.33. The fraction of sp³-hybridized carbons (Fsp3) is 0.308. The molecule has 1 aliphatic heterocycles. The van der Waals surface area contributed by atoms with E-state index in [2.05, 4.69) is 9.97 Å². The lowest BCUT2D eigenvalue weighted by molar-refractivity contribution is 0.256. The number of methoxy groups -OCH3 is 1. The molecule has 7 heteroatoms. The normalized spacial score (nSPS) is 16.9. The lowest BCUT2D eigenvalue weighted by Crippen LogP contribution is -2.48. The summed E-state index contributed by atoms with van der Waals surface area (Å²) in [7, 11) is -2.03.